The van der Waals surface area contributed by atoms with Gasteiger partial charge in [0, 0.05) is 35.4 Å². The number of nitrogens with two attached hydrogens (primary N) is 1. The number of rotatable bonds is 7. The molecule has 0 aliphatic carbocycles. The van der Waals surface area contributed by atoms with E-state index in [1.807, 2.05) is 24.4 Å². The number of aromatic nitrogens is 2. The fraction of sp³-hybridized carbons (Fsp3) is 0.471. The number of thiazole rings is 1. The van der Waals surface area contributed by atoms with Crippen LogP contribution in [0.25, 0.3) is 10.6 Å². The largest absolute Gasteiger partial charge is 0.349 e. The minimum atomic E-state index is -0.368. The van der Waals surface area contributed by atoms with Crippen molar-refractivity contribution in [3.05, 3.63) is 35.6 Å². The Kier molecular flexibility index (Phi) is 5.85. The first-order valence-electron chi connectivity index (χ1n) is 7.78. The highest BCUT2D eigenvalue weighted by atomic mass is 32.1. The molecule has 0 radical (unpaired) electrons. The second kappa shape index (κ2) is 7.66. The second-order valence-corrected chi connectivity index (χ2v) is 7.33. The Bertz CT molecular complexity index is 641. The minimum absolute atomic E-state index is 0.0402. The van der Waals surface area contributed by atoms with E-state index in [1.54, 1.807) is 12.4 Å². The van der Waals surface area contributed by atoms with Crippen molar-refractivity contribution < 1.29 is 4.79 Å². The molecule has 0 fully saturated rings. The first kappa shape index (κ1) is 17.6. The number of pyridine rings is 1. The van der Waals surface area contributed by atoms with E-state index in [0.717, 1.165) is 22.7 Å². The van der Waals surface area contributed by atoms with E-state index in [9.17, 15) is 4.79 Å². The van der Waals surface area contributed by atoms with Gasteiger partial charge in [-0.2, -0.15) is 0 Å². The second-order valence-electron chi connectivity index (χ2n) is 6.47. The third kappa shape index (κ3) is 5.11. The zero-order valence-electron chi connectivity index (χ0n) is 13.9. The predicted molar refractivity (Wildman–Crippen MR) is 94.1 cm³/mol. The van der Waals surface area contributed by atoms with Crippen molar-refractivity contribution in [2.24, 2.45) is 11.7 Å². The molecule has 2 heterocycles. The predicted octanol–water partition coefficient (Wildman–Crippen LogP) is 2.63. The number of carbonyl (C=O) groups is 1. The van der Waals surface area contributed by atoms with Gasteiger partial charge in [-0.05, 0) is 31.4 Å². The van der Waals surface area contributed by atoms with Crippen molar-refractivity contribution in [2.45, 2.75) is 39.2 Å². The van der Waals surface area contributed by atoms with Gasteiger partial charge in [0.25, 0.3) is 0 Å². The maximum atomic E-state index is 12.3. The molecular formula is C17H24N4OS. The van der Waals surface area contributed by atoms with E-state index in [0.29, 0.717) is 12.5 Å². The molecule has 2 rings (SSSR count). The fourth-order valence-corrected chi connectivity index (χ4v) is 3.45. The molecule has 3 N–H and O–H groups in total. The van der Waals surface area contributed by atoms with Crippen molar-refractivity contribution in [1.82, 2.24) is 15.3 Å². The Balaban J connectivity index is 1.99. The van der Waals surface area contributed by atoms with Crippen LogP contribution in [-0.2, 0) is 11.2 Å². The van der Waals surface area contributed by atoms with E-state index in [4.69, 9.17) is 5.73 Å². The summed E-state index contributed by atoms with van der Waals surface area (Å²) in [7, 11) is 0. The van der Waals surface area contributed by atoms with Gasteiger partial charge in [0.2, 0.25) is 5.91 Å². The van der Waals surface area contributed by atoms with Gasteiger partial charge in [0.05, 0.1) is 12.1 Å². The van der Waals surface area contributed by atoms with Crippen LogP contribution < -0.4 is 11.1 Å². The van der Waals surface area contributed by atoms with Gasteiger partial charge in [-0.15, -0.1) is 11.3 Å². The van der Waals surface area contributed by atoms with Gasteiger partial charge < -0.3 is 11.1 Å². The molecule has 23 heavy (non-hydrogen) atoms. The van der Waals surface area contributed by atoms with Crippen LogP contribution in [0.1, 0.15) is 32.9 Å². The number of amides is 1. The Hall–Kier alpha value is -1.79. The molecule has 0 spiro atoms. The Morgan fingerprint density at radius 1 is 1.48 bits per heavy atom. The number of nitrogens with zero attached hydrogens (tertiary/aromatic N) is 2. The zero-order chi connectivity index (χ0) is 16.9. The summed E-state index contributed by atoms with van der Waals surface area (Å²) in [5.74, 6) is 0.432. The Morgan fingerprint density at radius 2 is 2.26 bits per heavy atom. The third-order valence-corrected chi connectivity index (χ3v) is 4.49. The van der Waals surface area contributed by atoms with E-state index < -0.39 is 0 Å². The average molecular weight is 332 g/mol. The molecule has 2 aromatic rings. The highest BCUT2D eigenvalue weighted by molar-refractivity contribution is 7.13. The van der Waals surface area contributed by atoms with Crippen LogP contribution >= 0.6 is 11.3 Å². The number of carbonyl (C=O) groups excluding carboxylic acids is 1. The lowest BCUT2D eigenvalue weighted by Gasteiger charge is -2.31. The summed E-state index contributed by atoms with van der Waals surface area (Å²) in [6, 6.07) is 3.84. The van der Waals surface area contributed by atoms with Gasteiger partial charge in [-0.1, -0.05) is 13.8 Å². The molecule has 0 aromatic carbocycles. The summed E-state index contributed by atoms with van der Waals surface area (Å²) in [5, 5.41) is 5.86. The normalized spacial score (nSPS) is 13.8. The van der Waals surface area contributed by atoms with E-state index >= 15 is 0 Å². The monoisotopic (exact) mass is 332 g/mol. The van der Waals surface area contributed by atoms with Gasteiger partial charge >= 0.3 is 0 Å². The molecule has 2 aromatic heterocycles. The third-order valence-electron chi connectivity index (χ3n) is 3.55. The molecule has 0 saturated carbocycles. The lowest BCUT2D eigenvalue weighted by Crippen LogP contribution is -2.52. The number of hydrogen-bond acceptors (Lipinski definition) is 5. The van der Waals surface area contributed by atoms with E-state index in [2.05, 4.69) is 29.1 Å². The van der Waals surface area contributed by atoms with Crippen molar-refractivity contribution in [3.8, 4) is 10.6 Å². The molecule has 0 bridgehead atoms. The lowest BCUT2D eigenvalue weighted by molar-refractivity contribution is -0.122. The molecular weight excluding hydrogens is 308 g/mol. The molecule has 0 saturated heterocycles. The summed E-state index contributed by atoms with van der Waals surface area (Å²) < 4.78 is 0. The SMILES string of the molecule is CC(C)CC(C)(CN)NC(=O)Cc1csc(-c2cccnc2)n1. The summed E-state index contributed by atoms with van der Waals surface area (Å²) in [4.78, 5) is 20.9. The standard InChI is InChI=1S/C17H24N4OS/c1-12(2)8-17(3,11-18)21-15(22)7-14-10-23-16(20-14)13-5-4-6-19-9-13/h4-6,9-10,12H,7-8,11,18H2,1-3H3,(H,21,22). The highest BCUT2D eigenvalue weighted by Crippen LogP contribution is 2.23. The first-order valence-corrected chi connectivity index (χ1v) is 8.66. The molecule has 1 unspecified atom stereocenters. The zero-order valence-corrected chi connectivity index (χ0v) is 14.7. The average Bonchev–Trinajstić information content (AvgIpc) is 2.95. The van der Waals surface area contributed by atoms with Crippen LogP contribution in [0.2, 0.25) is 0 Å². The molecule has 1 amide bonds. The van der Waals surface area contributed by atoms with Gasteiger partial charge in [0.15, 0.2) is 0 Å². The van der Waals surface area contributed by atoms with E-state index in [-0.39, 0.29) is 17.9 Å². The molecule has 5 nitrogen and oxygen atoms in total. The highest BCUT2D eigenvalue weighted by Gasteiger charge is 2.26. The molecule has 6 heteroatoms. The maximum absolute atomic E-state index is 12.3. The van der Waals surface area contributed by atoms with Crippen molar-refractivity contribution in [1.29, 1.82) is 0 Å². The van der Waals surface area contributed by atoms with Crippen LogP contribution in [0.4, 0.5) is 0 Å². The first-order chi connectivity index (χ1) is 10.9. The van der Waals surface area contributed by atoms with Crippen molar-refractivity contribution in [2.75, 3.05) is 6.54 Å². The molecule has 124 valence electrons. The maximum Gasteiger partial charge on any atom is 0.226 e. The summed E-state index contributed by atoms with van der Waals surface area (Å²) >= 11 is 1.52. The van der Waals surface area contributed by atoms with Gasteiger partial charge in [-0.25, -0.2) is 4.98 Å². The summed E-state index contributed by atoms with van der Waals surface area (Å²) in [6.07, 6.45) is 4.63. The lowest BCUT2D eigenvalue weighted by atomic mass is 9.90. The number of nitrogens with one attached hydrogen (secondary N) is 1. The summed E-state index contributed by atoms with van der Waals surface area (Å²) in [6.45, 7) is 6.67. The van der Waals surface area contributed by atoms with Crippen LogP contribution in [0.3, 0.4) is 0 Å². The van der Waals surface area contributed by atoms with Crippen LogP contribution in [-0.4, -0.2) is 28.0 Å². The van der Waals surface area contributed by atoms with Crippen molar-refractivity contribution in [3.63, 3.8) is 0 Å². The summed E-state index contributed by atoms with van der Waals surface area (Å²) in [5.41, 5.74) is 7.22. The molecule has 0 aliphatic heterocycles. The quantitative estimate of drug-likeness (QED) is 0.817. The van der Waals surface area contributed by atoms with Crippen LogP contribution in [0.5, 0.6) is 0 Å². The van der Waals surface area contributed by atoms with Crippen molar-refractivity contribution >= 4 is 17.2 Å². The van der Waals surface area contributed by atoms with E-state index in [1.165, 1.54) is 11.3 Å². The Morgan fingerprint density at radius 3 is 2.87 bits per heavy atom. The van der Waals surface area contributed by atoms with Gasteiger partial charge in [0.1, 0.15) is 5.01 Å². The van der Waals surface area contributed by atoms with Crippen LogP contribution in [0.15, 0.2) is 29.9 Å². The fourth-order valence-electron chi connectivity index (χ4n) is 2.64. The van der Waals surface area contributed by atoms with Gasteiger partial charge in [-0.3, -0.25) is 9.78 Å². The molecule has 1 atom stereocenters. The topological polar surface area (TPSA) is 80.9 Å². The minimum Gasteiger partial charge on any atom is -0.349 e. The number of hydrogen-bond donors (Lipinski definition) is 2. The smallest absolute Gasteiger partial charge is 0.226 e. The molecule has 0 aliphatic rings. The Labute approximate surface area is 141 Å². The van der Waals surface area contributed by atoms with Crippen LogP contribution in [0, 0.1) is 5.92 Å².